The van der Waals surface area contributed by atoms with Crippen molar-refractivity contribution >= 4 is 0 Å². The van der Waals surface area contributed by atoms with E-state index in [1.54, 1.807) is 0 Å². The normalized spacial score (nSPS) is 42.4. The fourth-order valence-electron chi connectivity index (χ4n) is 4.02. The van der Waals surface area contributed by atoms with Crippen LogP contribution in [0.4, 0.5) is 0 Å². The molecule has 1 fully saturated rings. The maximum Gasteiger partial charge on any atom is 0.177 e. The highest BCUT2D eigenvalue weighted by Gasteiger charge is 2.36. The second-order valence-corrected chi connectivity index (χ2v) is 7.54. The molecular formula is C21H30O3. The van der Waals surface area contributed by atoms with E-state index in [1.165, 1.54) is 16.7 Å². The van der Waals surface area contributed by atoms with E-state index < -0.39 is 6.29 Å². The molecule has 0 aromatic rings. The van der Waals surface area contributed by atoms with E-state index in [4.69, 9.17) is 9.47 Å². The van der Waals surface area contributed by atoms with Crippen LogP contribution < -0.4 is 0 Å². The molecule has 3 nitrogen and oxygen atoms in total. The van der Waals surface area contributed by atoms with Crippen LogP contribution in [0.5, 0.6) is 0 Å². The number of hydrogen-bond acceptors (Lipinski definition) is 3. The minimum absolute atomic E-state index is 0.0782. The van der Waals surface area contributed by atoms with Crippen molar-refractivity contribution in [2.24, 2.45) is 5.92 Å². The smallest absolute Gasteiger partial charge is 0.177 e. The van der Waals surface area contributed by atoms with E-state index in [9.17, 15) is 5.11 Å². The van der Waals surface area contributed by atoms with Crippen molar-refractivity contribution in [2.75, 3.05) is 0 Å². The maximum atomic E-state index is 10.0. The Hall–Kier alpha value is -1.16. The molecule has 1 aliphatic carbocycles. The van der Waals surface area contributed by atoms with Crippen molar-refractivity contribution in [1.82, 2.24) is 0 Å². The van der Waals surface area contributed by atoms with Crippen LogP contribution in [0, 0.1) is 5.92 Å². The van der Waals surface area contributed by atoms with Crippen molar-refractivity contribution in [3.63, 3.8) is 0 Å². The van der Waals surface area contributed by atoms with Crippen LogP contribution in [0.3, 0.4) is 0 Å². The lowest BCUT2D eigenvalue weighted by Crippen LogP contribution is -2.16. The molecule has 1 saturated heterocycles. The molecule has 5 atom stereocenters. The molecule has 2 bridgehead atoms. The van der Waals surface area contributed by atoms with Gasteiger partial charge in [0.2, 0.25) is 0 Å². The van der Waals surface area contributed by atoms with Crippen LogP contribution in [0.25, 0.3) is 0 Å². The molecule has 0 spiro atoms. The fourth-order valence-corrected chi connectivity index (χ4v) is 4.02. The third-order valence-electron chi connectivity index (χ3n) is 5.52. The van der Waals surface area contributed by atoms with Crippen molar-refractivity contribution < 1.29 is 14.6 Å². The summed E-state index contributed by atoms with van der Waals surface area (Å²) in [6.45, 7) is 10.5. The van der Waals surface area contributed by atoms with Crippen molar-refractivity contribution in [3.05, 3.63) is 47.1 Å². The van der Waals surface area contributed by atoms with Crippen LogP contribution >= 0.6 is 0 Å². The molecule has 24 heavy (non-hydrogen) atoms. The summed E-state index contributed by atoms with van der Waals surface area (Å²) in [5, 5.41) is 10.0. The maximum absolute atomic E-state index is 10.0. The summed E-state index contributed by atoms with van der Waals surface area (Å²) in [6, 6.07) is 0. The Morgan fingerprint density at radius 1 is 1.12 bits per heavy atom. The standard InChI is InChI=1S/C21H30O3/c1-13-6-5-7-17-12-18(23-16(17)4)10-14(2)11-20-19(9-8-13)15(3)21(22)24-20/h6,11-12,16,18-22H,3,5,7-10H2,1-2,4H3/b13-6+,14-11+. The Labute approximate surface area is 145 Å². The number of aliphatic hydroxyl groups excluding tert-OH is 1. The summed E-state index contributed by atoms with van der Waals surface area (Å²) >= 11 is 0. The molecule has 3 heteroatoms. The van der Waals surface area contributed by atoms with E-state index in [2.05, 4.69) is 45.6 Å². The van der Waals surface area contributed by atoms with Crippen molar-refractivity contribution in [2.45, 2.75) is 77.5 Å². The highest BCUT2D eigenvalue weighted by molar-refractivity contribution is 5.22. The zero-order chi connectivity index (χ0) is 17.3. The van der Waals surface area contributed by atoms with Gasteiger partial charge < -0.3 is 14.6 Å². The predicted octanol–water partition coefficient (Wildman–Crippen LogP) is 4.45. The predicted molar refractivity (Wildman–Crippen MR) is 96.5 cm³/mol. The van der Waals surface area contributed by atoms with Crippen LogP contribution in [0.15, 0.2) is 47.1 Å². The lowest BCUT2D eigenvalue weighted by molar-refractivity contribution is -0.0650. The van der Waals surface area contributed by atoms with Gasteiger partial charge in [-0.05, 0) is 64.0 Å². The average Bonchev–Trinajstić information content (AvgIpc) is 2.97. The van der Waals surface area contributed by atoms with Crippen LogP contribution in [0.2, 0.25) is 0 Å². The number of allylic oxidation sites excluding steroid dienone is 2. The van der Waals surface area contributed by atoms with E-state index in [1.807, 2.05) is 0 Å². The first-order valence-corrected chi connectivity index (χ1v) is 9.15. The Morgan fingerprint density at radius 3 is 2.71 bits per heavy atom. The zero-order valence-electron chi connectivity index (χ0n) is 15.1. The highest BCUT2D eigenvalue weighted by Crippen LogP contribution is 2.36. The van der Waals surface area contributed by atoms with Gasteiger partial charge in [0.05, 0.1) is 18.3 Å². The molecule has 5 unspecified atom stereocenters. The molecule has 1 N–H and O–H groups in total. The minimum Gasteiger partial charge on any atom is -0.367 e. The molecule has 0 aromatic carbocycles. The molecule has 2 heterocycles. The van der Waals surface area contributed by atoms with Gasteiger partial charge >= 0.3 is 0 Å². The molecule has 0 aromatic heterocycles. The minimum atomic E-state index is -0.835. The third kappa shape index (κ3) is 3.90. The first kappa shape index (κ1) is 17.7. The van der Waals surface area contributed by atoms with Crippen molar-refractivity contribution in [3.8, 4) is 0 Å². The molecular weight excluding hydrogens is 300 g/mol. The van der Waals surface area contributed by atoms with E-state index in [-0.39, 0.29) is 24.2 Å². The Morgan fingerprint density at radius 2 is 1.92 bits per heavy atom. The Kier molecular flexibility index (Phi) is 5.43. The fraction of sp³-hybridized carbons (Fsp3) is 0.619. The van der Waals surface area contributed by atoms with Gasteiger partial charge in [-0.25, -0.2) is 0 Å². The van der Waals surface area contributed by atoms with Crippen LogP contribution in [0.1, 0.15) is 52.9 Å². The number of aliphatic hydroxyl groups is 1. The summed E-state index contributed by atoms with van der Waals surface area (Å²) < 4.78 is 11.8. The van der Waals surface area contributed by atoms with Crippen LogP contribution in [-0.4, -0.2) is 29.7 Å². The molecule has 2 aliphatic heterocycles. The molecule has 0 radical (unpaired) electrons. The quantitative estimate of drug-likeness (QED) is 0.667. The number of rotatable bonds is 0. The monoisotopic (exact) mass is 330 g/mol. The Balaban J connectivity index is 1.84. The average molecular weight is 330 g/mol. The van der Waals surface area contributed by atoms with Crippen molar-refractivity contribution in [1.29, 1.82) is 0 Å². The SMILES string of the molecule is C=C1C(O)OC2/C=C(\C)CC3C=C(CC/C=C(\C)CCC12)C(C)O3. The van der Waals surface area contributed by atoms with E-state index >= 15 is 0 Å². The summed E-state index contributed by atoms with van der Waals surface area (Å²) in [4.78, 5) is 0. The number of fused-ring (bicyclic) bond motifs is 2. The third-order valence-corrected chi connectivity index (χ3v) is 5.52. The van der Waals surface area contributed by atoms with E-state index in [0.717, 1.165) is 37.7 Å². The second-order valence-electron chi connectivity index (χ2n) is 7.54. The van der Waals surface area contributed by atoms with Gasteiger partial charge in [0.25, 0.3) is 0 Å². The summed E-state index contributed by atoms with van der Waals surface area (Å²) in [5.41, 5.74) is 4.90. The first-order chi connectivity index (χ1) is 11.4. The topological polar surface area (TPSA) is 38.7 Å². The molecule has 0 amide bonds. The summed E-state index contributed by atoms with van der Waals surface area (Å²) in [7, 11) is 0. The van der Waals surface area contributed by atoms with Gasteiger partial charge in [-0.15, -0.1) is 0 Å². The molecule has 3 rings (SSSR count). The van der Waals surface area contributed by atoms with E-state index in [0.29, 0.717) is 0 Å². The number of hydrogen-bond donors (Lipinski definition) is 1. The second kappa shape index (κ2) is 7.38. The zero-order valence-corrected chi connectivity index (χ0v) is 15.1. The molecule has 132 valence electrons. The highest BCUT2D eigenvalue weighted by atomic mass is 16.6. The van der Waals surface area contributed by atoms with Crippen LogP contribution in [-0.2, 0) is 9.47 Å². The Bertz CT molecular complexity index is 584. The van der Waals surface area contributed by atoms with Gasteiger partial charge in [-0.1, -0.05) is 36.0 Å². The lowest BCUT2D eigenvalue weighted by Gasteiger charge is -2.18. The summed E-state index contributed by atoms with van der Waals surface area (Å²) in [5.74, 6) is 0.191. The molecule has 3 aliphatic rings. The van der Waals surface area contributed by atoms with Gasteiger partial charge in [0.15, 0.2) is 6.29 Å². The lowest BCUT2D eigenvalue weighted by atomic mass is 9.88. The molecule has 0 saturated carbocycles. The first-order valence-electron chi connectivity index (χ1n) is 9.15. The van der Waals surface area contributed by atoms with Gasteiger partial charge in [-0.3, -0.25) is 0 Å². The largest absolute Gasteiger partial charge is 0.367 e. The van der Waals surface area contributed by atoms with Gasteiger partial charge in [0, 0.05) is 5.92 Å². The number of ether oxygens (including phenoxy) is 2. The summed E-state index contributed by atoms with van der Waals surface area (Å²) in [6.07, 6.45) is 11.3. The van der Waals surface area contributed by atoms with Gasteiger partial charge in [-0.2, -0.15) is 0 Å². The van der Waals surface area contributed by atoms with Gasteiger partial charge in [0.1, 0.15) is 0 Å².